The summed E-state index contributed by atoms with van der Waals surface area (Å²) in [5, 5.41) is 3.76. The second kappa shape index (κ2) is 6.87. The van der Waals surface area contributed by atoms with Crippen molar-refractivity contribution < 1.29 is 18.8 Å². The molecular formula is C16H16N2O4S. The first-order valence-corrected chi connectivity index (χ1v) is 8.22. The van der Waals surface area contributed by atoms with Crippen LogP contribution in [-0.4, -0.2) is 29.3 Å². The number of ether oxygens (including phenoxy) is 1. The zero-order chi connectivity index (χ0) is 16.2. The average Bonchev–Trinajstić information content (AvgIpc) is 2.97. The van der Waals surface area contributed by atoms with Crippen LogP contribution in [0, 0.1) is 6.92 Å². The zero-order valence-electron chi connectivity index (χ0n) is 12.7. The summed E-state index contributed by atoms with van der Waals surface area (Å²) in [6, 6.07) is 9.41. The van der Waals surface area contributed by atoms with Gasteiger partial charge in [-0.05, 0) is 19.1 Å². The van der Waals surface area contributed by atoms with Crippen LogP contribution in [0.1, 0.15) is 17.9 Å². The molecule has 0 saturated carbocycles. The number of amides is 1. The van der Waals surface area contributed by atoms with Crippen molar-refractivity contribution in [3.63, 3.8) is 0 Å². The second-order valence-corrected chi connectivity index (χ2v) is 6.16. The smallest absolute Gasteiger partial charge is 0.307 e. The molecule has 0 fully saturated rings. The lowest BCUT2D eigenvalue weighted by Gasteiger charge is -2.28. The van der Waals surface area contributed by atoms with Gasteiger partial charge < -0.3 is 14.2 Å². The summed E-state index contributed by atoms with van der Waals surface area (Å²) in [7, 11) is 0. The molecule has 0 bridgehead atoms. The van der Waals surface area contributed by atoms with Crippen LogP contribution in [0.3, 0.4) is 0 Å². The van der Waals surface area contributed by atoms with Crippen LogP contribution in [0.2, 0.25) is 0 Å². The highest BCUT2D eigenvalue weighted by atomic mass is 32.2. The predicted molar refractivity (Wildman–Crippen MR) is 85.2 cm³/mol. The molecule has 1 aliphatic rings. The highest BCUT2D eigenvalue weighted by Gasteiger charge is 2.24. The Labute approximate surface area is 137 Å². The number of fused-ring (bicyclic) bond motifs is 1. The van der Waals surface area contributed by atoms with Gasteiger partial charge >= 0.3 is 5.97 Å². The van der Waals surface area contributed by atoms with Crippen LogP contribution >= 0.6 is 11.8 Å². The molecule has 1 amide bonds. The van der Waals surface area contributed by atoms with Gasteiger partial charge in [0.15, 0.2) is 0 Å². The number of nitrogens with zero attached hydrogens (tertiary/aromatic N) is 2. The van der Waals surface area contributed by atoms with E-state index in [1.54, 1.807) is 17.9 Å². The summed E-state index contributed by atoms with van der Waals surface area (Å²) in [5.41, 5.74) is 1.43. The molecule has 23 heavy (non-hydrogen) atoms. The predicted octanol–water partition coefficient (Wildman–Crippen LogP) is 2.56. The van der Waals surface area contributed by atoms with Crippen molar-refractivity contribution in [2.45, 2.75) is 24.8 Å². The molecule has 120 valence electrons. The van der Waals surface area contributed by atoms with Crippen molar-refractivity contribution in [1.82, 2.24) is 5.16 Å². The minimum Gasteiger partial charge on any atom is -0.459 e. The van der Waals surface area contributed by atoms with E-state index in [0.29, 0.717) is 23.8 Å². The van der Waals surface area contributed by atoms with Crippen molar-refractivity contribution in [3.05, 3.63) is 41.8 Å². The number of anilines is 1. The van der Waals surface area contributed by atoms with Gasteiger partial charge in [-0.25, -0.2) is 0 Å². The molecule has 0 N–H and O–H groups in total. The zero-order valence-corrected chi connectivity index (χ0v) is 13.5. The number of aryl methyl sites for hydroxylation is 1. The molecule has 7 heteroatoms. The quantitative estimate of drug-likeness (QED) is 0.784. The number of thioether (sulfide) groups is 1. The lowest BCUT2D eigenvalue weighted by Crippen LogP contribution is -2.37. The van der Waals surface area contributed by atoms with E-state index in [-0.39, 0.29) is 24.9 Å². The maximum Gasteiger partial charge on any atom is 0.307 e. The summed E-state index contributed by atoms with van der Waals surface area (Å²) < 4.78 is 10.1. The van der Waals surface area contributed by atoms with Gasteiger partial charge in [-0.15, -0.1) is 11.8 Å². The Hall–Kier alpha value is -2.28. The minimum absolute atomic E-state index is 0.00799. The number of esters is 1. The van der Waals surface area contributed by atoms with E-state index >= 15 is 0 Å². The number of aromatic nitrogens is 1. The molecule has 6 nitrogen and oxygen atoms in total. The van der Waals surface area contributed by atoms with Crippen LogP contribution < -0.4 is 4.90 Å². The van der Waals surface area contributed by atoms with Gasteiger partial charge in [0.05, 0.1) is 17.9 Å². The molecule has 2 heterocycles. The first-order valence-electron chi connectivity index (χ1n) is 7.23. The Balaban J connectivity index is 1.55. The molecular weight excluding hydrogens is 316 g/mol. The fraction of sp³-hybridized carbons (Fsp3) is 0.312. The van der Waals surface area contributed by atoms with Gasteiger partial charge in [-0.3, -0.25) is 9.59 Å². The second-order valence-electron chi connectivity index (χ2n) is 5.14. The lowest BCUT2D eigenvalue weighted by molar-refractivity contribution is -0.144. The first kappa shape index (κ1) is 15.6. The Morgan fingerprint density at radius 3 is 3.04 bits per heavy atom. The van der Waals surface area contributed by atoms with E-state index in [1.807, 2.05) is 24.3 Å². The first-order chi connectivity index (χ1) is 11.1. The highest BCUT2D eigenvalue weighted by Crippen LogP contribution is 2.34. The summed E-state index contributed by atoms with van der Waals surface area (Å²) in [5.74, 6) is 0.705. The van der Waals surface area contributed by atoms with E-state index in [4.69, 9.17) is 9.26 Å². The van der Waals surface area contributed by atoms with Crippen LogP contribution in [0.4, 0.5) is 5.69 Å². The van der Waals surface area contributed by atoms with Crippen LogP contribution in [0.15, 0.2) is 39.8 Å². The SMILES string of the molecule is Cc1cc(COC(=O)CCN2C(=O)CSc3ccccc32)no1. The fourth-order valence-electron chi connectivity index (χ4n) is 2.31. The van der Waals surface area contributed by atoms with Crippen molar-refractivity contribution in [2.24, 2.45) is 0 Å². The summed E-state index contributed by atoms with van der Waals surface area (Å²) in [4.78, 5) is 26.6. The molecule has 0 atom stereocenters. The average molecular weight is 332 g/mol. The van der Waals surface area contributed by atoms with Gasteiger partial charge in [0.25, 0.3) is 0 Å². The van der Waals surface area contributed by atoms with Crippen molar-refractivity contribution >= 4 is 29.3 Å². The Morgan fingerprint density at radius 1 is 1.43 bits per heavy atom. The van der Waals surface area contributed by atoms with Gasteiger partial charge in [0, 0.05) is 17.5 Å². The lowest BCUT2D eigenvalue weighted by atomic mass is 10.2. The number of hydrogen-bond acceptors (Lipinski definition) is 6. The summed E-state index contributed by atoms with van der Waals surface area (Å²) in [6.45, 7) is 2.17. The van der Waals surface area contributed by atoms with Crippen molar-refractivity contribution in [2.75, 3.05) is 17.2 Å². The molecule has 3 rings (SSSR count). The van der Waals surface area contributed by atoms with Gasteiger partial charge in [-0.2, -0.15) is 0 Å². The van der Waals surface area contributed by atoms with E-state index in [1.165, 1.54) is 11.8 Å². The third-order valence-corrected chi connectivity index (χ3v) is 4.45. The monoisotopic (exact) mass is 332 g/mol. The van der Waals surface area contributed by atoms with Crippen LogP contribution in [0.5, 0.6) is 0 Å². The van der Waals surface area contributed by atoms with Gasteiger partial charge in [0.2, 0.25) is 5.91 Å². The standard InChI is InChI=1S/C16H16N2O4S/c1-11-8-12(17-22-11)9-21-16(20)6-7-18-13-4-2-3-5-14(13)23-10-15(18)19/h2-5,8H,6-7,9-10H2,1H3. The number of carbonyl (C=O) groups is 2. The number of para-hydroxylation sites is 1. The van der Waals surface area contributed by atoms with E-state index in [9.17, 15) is 9.59 Å². The Morgan fingerprint density at radius 2 is 2.26 bits per heavy atom. The molecule has 1 aromatic heterocycles. The maximum atomic E-state index is 12.1. The summed E-state index contributed by atoms with van der Waals surface area (Å²) in [6.07, 6.45) is 0.140. The molecule has 0 spiro atoms. The van der Waals surface area contributed by atoms with Gasteiger partial charge in [0.1, 0.15) is 18.1 Å². The number of rotatable bonds is 5. The topological polar surface area (TPSA) is 72.6 Å². The molecule has 1 aromatic carbocycles. The summed E-state index contributed by atoms with van der Waals surface area (Å²) >= 11 is 1.52. The number of benzene rings is 1. The third-order valence-electron chi connectivity index (χ3n) is 3.41. The number of carbonyl (C=O) groups excluding carboxylic acids is 2. The third kappa shape index (κ3) is 3.73. The van der Waals surface area contributed by atoms with E-state index in [2.05, 4.69) is 5.16 Å². The minimum atomic E-state index is -0.367. The Kier molecular flexibility index (Phi) is 4.66. The number of hydrogen-bond donors (Lipinski definition) is 0. The molecule has 1 aliphatic heterocycles. The molecule has 0 radical (unpaired) electrons. The van der Waals surface area contributed by atoms with Crippen molar-refractivity contribution in [1.29, 1.82) is 0 Å². The van der Waals surface area contributed by atoms with Gasteiger partial charge in [-0.1, -0.05) is 17.3 Å². The van der Waals surface area contributed by atoms with Crippen LogP contribution in [0.25, 0.3) is 0 Å². The van der Waals surface area contributed by atoms with E-state index < -0.39 is 0 Å². The van der Waals surface area contributed by atoms with Crippen molar-refractivity contribution in [3.8, 4) is 0 Å². The highest BCUT2D eigenvalue weighted by molar-refractivity contribution is 8.00. The maximum absolute atomic E-state index is 12.1. The normalized spacial score (nSPS) is 13.8. The fourth-order valence-corrected chi connectivity index (χ4v) is 3.25. The molecule has 0 aliphatic carbocycles. The molecule has 2 aromatic rings. The van der Waals surface area contributed by atoms with Crippen LogP contribution in [-0.2, 0) is 20.9 Å². The molecule has 0 saturated heterocycles. The van der Waals surface area contributed by atoms with E-state index in [0.717, 1.165) is 10.6 Å². The Bertz CT molecular complexity index is 728. The largest absolute Gasteiger partial charge is 0.459 e. The molecule has 0 unspecified atom stereocenters.